The third kappa shape index (κ3) is 6.57. The lowest BCUT2D eigenvalue weighted by Gasteiger charge is -2.24. The Kier molecular flexibility index (Phi) is 8.52. The van der Waals surface area contributed by atoms with Gasteiger partial charge in [0.15, 0.2) is 0 Å². The van der Waals surface area contributed by atoms with Crippen LogP contribution in [0.3, 0.4) is 0 Å². The number of hydrogen-bond acceptors (Lipinski definition) is 6. The molecule has 4 rings (SSSR count). The fourth-order valence-electron chi connectivity index (χ4n) is 3.72. The number of carbonyl (C=O) groups is 2. The number of carbonyl (C=O) groups excluding carboxylic acids is 2. The number of sulfonamides is 1. The molecular weight excluding hydrogens is 523 g/mol. The Balaban J connectivity index is 1.57. The highest BCUT2D eigenvalue weighted by atomic mass is 32.2. The first-order valence-corrected chi connectivity index (χ1v) is 13.2. The molecule has 0 aliphatic carbocycles. The molecule has 0 atom stereocenters. The lowest BCUT2D eigenvalue weighted by molar-refractivity contribution is -0.114. The number of aromatic nitrogens is 1. The van der Waals surface area contributed by atoms with Crippen LogP contribution >= 0.6 is 0 Å². The number of amides is 2. The largest absolute Gasteiger partial charge is 0.497 e. The minimum Gasteiger partial charge on any atom is -0.497 e. The molecule has 0 aliphatic rings. The van der Waals surface area contributed by atoms with Crippen molar-refractivity contribution in [2.75, 3.05) is 23.3 Å². The average molecular weight is 549 g/mol. The summed E-state index contributed by atoms with van der Waals surface area (Å²) in [6.45, 7) is -0.531. The number of benzene rings is 3. The summed E-state index contributed by atoms with van der Waals surface area (Å²) in [5.41, 5.74) is 0.828. The summed E-state index contributed by atoms with van der Waals surface area (Å²) < 4.78 is 47.6. The third-order valence-corrected chi connectivity index (χ3v) is 7.45. The minimum atomic E-state index is -4.36. The van der Waals surface area contributed by atoms with E-state index in [0.717, 1.165) is 11.6 Å². The van der Waals surface area contributed by atoms with Gasteiger partial charge < -0.3 is 15.4 Å². The summed E-state index contributed by atoms with van der Waals surface area (Å²) in [6.07, 6.45) is 3.24. The highest BCUT2D eigenvalue weighted by Crippen LogP contribution is 2.27. The van der Waals surface area contributed by atoms with Gasteiger partial charge in [-0.15, -0.1) is 0 Å². The van der Waals surface area contributed by atoms with E-state index in [-0.39, 0.29) is 28.4 Å². The van der Waals surface area contributed by atoms with Crippen LogP contribution in [0.5, 0.6) is 5.75 Å². The number of methoxy groups -OCH3 is 1. The van der Waals surface area contributed by atoms with Gasteiger partial charge in [-0.3, -0.25) is 18.9 Å². The van der Waals surface area contributed by atoms with E-state index in [4.69, 9.17) is 4.74 Å². The molecule has 9 nitrogen and oxygen atoms in total. The standard InChI is InChI=1S/C28H25FN4O5S/c1-38-21-12-14-22(15-13-21)39(36,37)33(26-11-5-3-9-24(26)29)19-27(34)32-25-10-4-2-8-23(25)28(35)31-18-20-7-6-16-30-17-20/h2-17H,18-19H2,1H3,(H,31,35)(H,32,34). The van der Waals surface area contributed by atoms with Crippen LogP contribution in [0.25, 0.3) is 0 Å². The molecule has 1 aromatic heterocycles. The first-order valence-electron chi connectivity index (χ1n) is 11.8. The Bertz CT molecular complexity index is 1560. The van der Waals surface area contributed by atoms with E-state index in [1.54, 1.807) is 30.6 Å². The van der Waals surface area contributed by atoms with Crippen LogP contribution in [0.4, 0.5) is 15.8 Å². The summed E-state index contributed by atoms with van der Waals surface area (Å²) in [6, 6.07) is 20.6. The molecule has 11 heteroatoms. The molecular formula is C28H25FN4O5S. The molecule has 0 fully saturated rings. The van der Waals surface area contributed by atoms with Crippen LogP contribution in [0, 0.1) is 5.82 Å². The Hall–Kier alpha value is -4.77. The van der Waals surface area contributed by atoms with Crippen molar-refractivity contribution in [3.8, 4) is 5.75 Å². The molecule has 0 bridgehead atoms. The highest BCUT2D eigenvalue weighted by molar-refractivity contribution is 7.92. The predicted molar refractivity (Wildman–Crippen MR) is 144 cm³/mol. The van der Waals surface area contributed by atoms with Gasteiger partial charge in [-0.1, -0.05) is 30.3 Å². The van der Waals surface area contributed by atoms with Crippen LogP contribution in [0.15, 0.2) is 102 Å². The van der Waals surface area contributed by atoms with Crippen LogP contribution in [-0.2, 0) is 21.4 Å². The number of ether oxygens (including phenoxy) is 1. The number of halogens is 1. The summed E-state index contributed by atoms with van der Waals surface area (Å²) in [4.78, 5) is 29.8. The highest BCUT2D eigenvalue weighted by Gasteiger charge is 2.29. The molecule has 200 valence electrons. The van der Waals surface area contributed by atoms with Crippen molar-refractivity contribution in [2.24, 2.45) is 0 Å². The number of pyridine rings is 1. The van der Waals surface area contributed by atoms with E-state index in [1.165, 1.54) is 61.7 Å². The maximum atomic E-state index is 14.8. The van der Waals surface area contributed by atoms with E-state index in [0.29, 0.717) is 10.1 Å². The minimum absolute atomic E-state index is 0.158. The van der Waals surface area contributed by atoms with Gasteiger partial charge in [0.1, 0.15) is 18.1 Å². The summed E-state index contributed by atoms with van der Waals surface area (Å²) >= 11 is 0. The van der Waals surface area contributed by atoms with Gasteiger partial charge in [0.25, 0.3) is 15.9 Å². The van der Waals surface area contributed by atoms with Crippen LogP contribution in [0.1, 0.15) is 15.9 Å². The van der Waals surface area contributed by atoms with Gasteiger partial charge in [-0.05, 0) is 60.2 Å². The molecule has 0 saturated heterocycles. The van der Waals surface area contributed by atoms with Gasteiger partial charge in [0.2, 0.25) is 5.91 Å². The van der Waals surface area contributed by atoms with Crippen molar-refractivity contribution in [1.29, 1.82) is 0 Å². The Morgan fingerprint density at radius 1 is 0.949 bits per heavy atom. The van der Waals surface area contributed by atoms with Crippen LogP contribution in [-0.4, -0.2) is 38.9 Å². The van der Waals surface area contributed by atoms with Gasteiger partial charge in [0.05, 0.1) is 28.9 Å². The number of para-hydroxylation sites is 2. The van der Waals surface area contributed by atoms with Crippen molar-refractivity contribution in [2.45, 2.75) is 11.4 Å². The number of anilines is 2. The van der Waals surface area contributed by atoms with Crippen LogP contribution < -0.4 is 19.7 Å². The Morgan fingerprint density at radius 3 is 2.36 bits per heavy atom. The van der Waals surface area contributed by atoms with E-state index in [2.05, 4.69) is 15.6 Å². The number of hydrogen-bond donors (Lipinski definition) is 2. The summed E-state index contributed by atoms with van der Waals surface area (Å²) in [5.74, 6) is -1.62. The molecule has 0 radical (unpaired) electrons. The number of rotatable bonds is 10. The molecule has 0 saturated carbocycles. The quantitative estimate of drug-likeness (QED) is 0.310. The zero-order chi connectivity index (χ0) is 27.8. The van der Waals surface area contributed by atoms with Crippen molar-refractivity contribution in [3.63, 3.8) is 0 Å². The summed E-state index contributed by atoms with van der Waals surface area (Å²) in [5, 5.41) is 5.35. The number of nitrogens with one attached hydrogen (secondary N) is 2. The van der Waals surface area contributed by atoms with E-state index in [1.807, 2.05) is 6.07 Å². The van der Waals surface area contributed by atoms with Gasteiger partial charge in [-0.2, -0.15) is 0 Å². The van der Waals surface area contributed by atoms with Gasteiger partial charge >= 0.3 is 0 Å². The second-order valence-corrected chi connectivity index (χ2v) is 10.1. The second kappa shape index (κ2) is 12.2. The van der Waals surface area contributed by atoms with Gasteiger partial charge in [0, 0.05) is 18.9 Å². The molecule has 39 heavy (non-hydrogen) atoms. The SMILES string of the molecule is COc1ccc(S(=O)(=O)N(CC(=O)Nc2ccccc2C(=O)NCc2cccnc2)c2ccccc2F)cc1. The first-order chi connectivity index (χ1) is 18.8. The first kappa shape index (κ1) is 27.3. The lowest BCUT2D eigenvalue weighted by Crippen LogP contribution is -2.39. The summed E-state index contributed by atoms with van der Waals surface area (Å²) in [7, 11) is -2.92. The molecule has 0 spiro atoms. The lowest BCUT2D eigenvalue weighted by atomic mass is 10.1. The fraction of sp³-hybridized carbons (Fsp3) is 0.107. The molecule has 1 heterocycles. The zero-order valence-corrected chi connectivity index (χ0v) is 21.7. The molecule has 2 N–H and O–H groups in total. The predicted octanol–water partition coefficient (Wildman–Crippen LogP) is 3.99. The molecule has 3 aromatic carbocycles. The molecule has 0 aliphatic heterocycles. The number of nitrogens with zero attached hydrogens (tertiary/aromatic N) is 2. The molecule has 0 unspecified atom stereocenters. The fourth-order valence-corrected chi connectivity index (χ4v) is 5.15. The molecule has 4 aromatic rings. The maximum absolute atomic E-state index is 14.8. The zero-order valence-electron chi connectivity index (χ0n) is 20.9. The van der Waals surface area contributed by atoms with E-state index < -0.39 is 34.2 Å². The normalized spacial score (nSPS) is 10.9. The van der Waals surface area contributed by atoms with Crippen molar-refractivity contribution in [1.82, 2.24) is 10.3 Å². The van der Waals surface area contributed by atoms with E-state index in [9.17, 15) is 22.4 Å². The topological polar surface area (TPSA) is 118 Å². The monoisotopic (exact) mass is 548 g/mol. The van der Waals surface area contributed by atoms with E-state index >= 15 is 0 Å². The Labute approximate surface area is 225 Å². The molecule has 2 amide bonds. The van der Waals surface area contributed by atoms with Crippen LogP contribution in [0.2, 0.25) is 0 Å². The smallest absolute Gasteiger partial charge is 0.264 e. The van der Waals surface area contributed by atoms with Gasteiger partial charge in [-0.25, -0.2) is 12.8 Å². The Morgan fingerprint density at radius 2 is 1.67 bits per heavy atom. The van der Waals surface area contributed by atoms with Crippen molar-refractivity contribution in [3.05, 3.63) is 114 Å². The maximum Gasteiger partial charge on any atom is 0.264 e. The van der Waals surface area contributed by atoms with Crippen molar-refractivity contribution < 1.29 is 27.1 Å². The average Bonchev–Trinajstić information content (AvgIpc) is 2.96. The van der Waals surface area contributed by atoms with Crippen molar-refractivity contribution >= 4 is 33.2 Å². The third-order valence-electron chi connectivity index (χ3n) is 5.68. The second-order valence-electron chi connectivity index (χ2n) is 8.28.